The molecule has 0 spiro atoms. The fourth-order valence-electron chi connectivity index (χ4n) is 1.96. The molecule has 104 valence electrons. The maximum atomic E-state index is 11.6. The Hall–Kier alpha value is -1.75. The second kappa shape index (κ2) is 6.99. The Balaban J connectivity index is 1.62. The van der Waals surface area contributed by atoms with Crippen LogP contribution in [0.2, 0.25) is 0 Å². The van der Waals surface area contributed by atoms with Crippen LogP contribution in [0.3, 0.4) is 0 Å². The first-order valence-corrected chi connectivity index (χ1v) is 6.57. The monoisotopic (exact) mass is 264 g/mol. The van der Waals surface area contributed by atoms with Gasteiger partial charge >= 0.3 is 0 Å². The first kappa shape index (κ1) is 13.7. The molecule has 0 saturated carbocycles. The predicted octanol–water partition coefficient (Wildman–Crippen LogP) is 1.19. The molecule has 1 fully saturated rings. The molecule has 1 saturated heterocycles. The molecule has 1 amide bonds. The highest BCUT2D eigenvalue weighted by atomic mass is 16.5. The van der Waals surface area contributed by atoms with Crippen molar-refractivity contribution in [3.05, 3.63) is 24.3 Å². The summed E-state index contributed by atoms with van der Waals surface area (Å²) in [5.74, 6) is 1.08. The summed E-state index contributed by atoms with van der Waals surface area (Å²) in [6.45, 7) is 2.57. The van der Waals surface area contributed by atoms with Gasteiger partial charge < -0.3 is 20.5 Å². The fourth-order valence-corrected chi connectivity index (χ4v) is 1.96. The summed E-state index contributed by atoms with van der Waals surface area (Å²) in [4.78, 5) is 11.6. The smallest absolute Gasteiger partial charge is 0.223 e. The van der Waals surface area contributed by atoms with Gasteiger partial charge in [0.1, 0.15) is 5.75 Å². The number of nitrogens with two attached hydrogens (primary N) is 1. The van der Waals surface area contributed by atoms with E-state index >= 15 is 0 Å². The minimum absolute atomic E-state index is 0.00130. The molecule has 0 bridgehead atoms. The highest BCUT2D eigenvalue weighted by Gasteiger charge is 2.16. The van der Waals surface area contributed by atoms with Crippen molar-refractivity contribution in [3.63, 3.8) is 0 Å². The first-order chi connectivity index (χ1) is 9.25. The largest absolute Gasteiger partial charge is 0.491 e. The number of benzene rings is 1. The Morgan fingerprint density at radius 2 is 2.32 bits per heavy atom. The number of hydrogen-bond acceptors (Lipinski definition) is 4. The normalized spacial score (nSPS) is 18.2. The van der Waals surface area contributed by atoms with Gasteiger partial charge in [-0.1, -0.05) is 12.1 Å². The van der Waals surface area contributed by atoms with Crippen LogP contribution < -0.4 is 15.8 Å². The van der Waals surface area contributed by atoms with Crippen molar-refractivity contribution in [2.45, 2.75) is 12.8 Å². The number of anilines is 1. The molecule has 1 unspecified atom stereocenters. The van der Waals surface area contributed by atoms with E-state index in [4.69, 9.17) is 15.2 Å². The number of para-hydroxylation sites is 2. The van der Waals surface area contributed by atoms with Crippen LogP contribution in [0.25, 0.3) is 0 Å². The molecule has 1 heterocycles. The van der Waals surface area contributed by atoms with Crippen molar-refractivity contribution in [2.24, 2.45) is 5.92 Å². The summed E-state index contributed by atoms with van der Waals surface area (Å²) in [7, 11) is 0. The molecule has 2 rings (SSSR count). The van der Waals surface area contributed by atoms with Crippen molar-refractivity contribution in [1.82, 2.24) is 5.32 Å². The number of carbonyl (C=O) groups is 1. The van der Waals surface area contributed by atoms with Gasteiger partial charge in [-0.3, -0.25) is 4.79 Å². The van der Waals surface area contributed by atoms with E-state index in [0.29, 0.717) is 36.9 Å². The molecular formula is C14H20N2O3. The Kier molecular flexibility index (Phi) is 5.03. The lowest BCUT2D eigenvalue weighted by atomic mass is 10.1. The zero-order valence-electron chi connectivity index (χ0n) is 10.9. The number of nitrogen functional groups attached to an aromatic ring is 1. The maximum absolute atomic E-state index is 11.6. The molecule has 1 aromatic rings. The molecular weight excluding hydrogens is 244 g/mol. The van der Waals surface area contributed by atoms with Crippen molar-refractivity contribution < 1.29 is 14.3 Å². The molecule has 1 aromatic carbocycles. The third-order valence-electron chi connectivity index (χ3n) is 3.12. The summed E-state index contributed by atoms with van der Waals surface area (Å²) in [6.07, 6.45) is 1.36. The van der Waals surface area contributed by atoms with Crippen LogP contribution in [0.5, 0.6) is 5.75 Å². The highest BCUT2D eigenvalue weighted by molar-refractivity contribution is 5.76. The topological polar surface area (TPSA) is 73.6 Å². The summed E-state index contributed by atoms with van der Waals surface area (Å²) >= 11 is 0. The number of nitrogens with one attached hydrogen (secondary N) is 1. The van der Waals surface area contributed by atoms with Crippen LogP contribution in [0.15, 0.2) is 24.3 Å². The van der Waals surface area contributed by atoms with Gasteiger partial charge in [0.2, 0.25) is 5.91 Å². The number of rotatable bonds is 6. The Labute approximate surface area is 113 Å². The molecule has 19 heavy (non-hydrogen) atoms. The predicted molar refractivity (Wildman–Crippen MR) is 72.9 cm³/mol. The molecule has 0 radical (unpaired) electrons. The molecule has 3 N–H and O–H groups in total. The number of hydrogen-bond donors (Lipinski definition) is 2. The molecule has 0 aromatic heterocycles. The SMILES string of the molecule is Nc1ccccc1OCCC(=O)NCC1CCOC1. The van der Waals surface area contributed by atoms with E-state index in [2.05, 4.69) is 5.32 Å². The number of amides is 1. The van der Waals surface area contributed by atoms with Gasteiger partial charge in [0, 0.05) is 19.1 Å². The average molecular weight is 264 g/mol. The average Bonchev–Trinajstić information content (AvgIpc) is 2.92. The summed E-state index contributed by atoms with van der Waals surface area (Å²) in [6, 6.07) is 7.27. The lowest BCUT2D eigenvalue weighted by molar-refractivity contribution is -0.121. The molecule has 0 aliphatic carbocycles. The van der Waals surface area contributed by atoms with Gasteiger partial charge in [0.25, 0.3) is 0 Å². The van der Waals surface area contributed by atoms with Gasteiger partial charge in [0.05, 0.1) is 25.3 Å². The third kappa shape index (κ3) is 4.44. The van der Waals surface area contributed by atoms with Gasteiger partial charge in [-0.2, -0.15) is 0 Å². The quantitative estimate of drug-likeness (QED) is 0.757. The third-order valence-corrected chi connectivity index (χ3v) is 3.12. The standard InChI is InChI=1S/C14H20N2O3/c15-12-3-1-2-4-13(12)19-8-6-14(17)16-9-11-5-7-18-10-11/h1-4,11H,5-10,15H2,(H,16,17). The van der Waals surface area contributed by atoms with Crippen molar-refractivity contribution >= 4 is 11.6 Å². The van der Waals surface area contributed by atoms with E-state index in [1.165, 1.54) is 0 Å². The van der Waals surface area contributed by atoms with E-state index in [9.17, 15) is 4.79 Å². The van der Waals surface area contributed by atoms with E-state index in [1.807, 2.05) is 12.1 Å². The summed E-state index contributed by atoms with van der Waals surface area (Å²) in [5.41, 5.74) is 6.33. The van der Waals surface area contributed by atoms with E-state index < -0.39 is 0 Å². The van der Waals surface area contributed by atoms with Crippen LogP contribution in [0.4, 0.5) is 5.69 Å². The van der Waals surface area contributed by atoms with Crippen LogP contribution in [0, 0.1) is 5.92 Å². The zero-order valence-corrected chi connectivity index (χ0v) is 10.9. The van der Waals surface area contributed by atoms with Crippen molar-refractivity contribution in [1.29, 1.82) is 0 Å². The summed E-state index contributed by atoms with van der Waals surface area (Å²) < 4.78 is 10.7. The Morgan fingerprint density at radius 3 is 3.05 bits per heavy atom. The van der Waals surface area contributed by atoms with Crippen LogP contribution in [-0.4, -0.2) is 32.3 Å². The highest BCUT2D eigenvalue weighted by Crippen LogP contribution is 2.19. The summed E-state index contributed by atoms with van der Waals surface area (Å²) in [5, 5.41) is 2.90. The Morgan fingerprint density at radius 1 is 1.47 bits per heavy atom. The fraction of sp³-hybridized carbons (Fsp3) is 0.500. The van der Waals surface area contributed by atoms with Crippen molar-refractivity contribution in [2.75, 3.05) is 32.1 Å². The van der Waals surface area contributed by atoms with Gasteiger partial charge in [0.15, 0.2) is 0 Å². The second-order valence-corrected chi connectivity index (χ2v) is 4.67. The maximum Gasteiger partial charge on any atom is 0.223 e. The lowest BCUT2D eigenvalue weighted by Gasteiger charge is -2.11. The van der Waals surface area contributed by atoms with Gasteiger partial charge in [-0.15, -0.1) is 0 Å². The molecule has 5 heteroatoms. The minimum atomic E-state index is 0.00130. The number of ether oxygens (including phenoxy) is 2. The molecule has 1 atom stereocenters. The van der Waals surface area contributed by atoms with E-state index in [0.717, 1.165) is 19.6 Å². The first-order valence-electron chi connectivity index (χ1n) is 6.57. The Bertz CT molecular complexity index is 417. The minimum Gasteiger partial charge on any atom is -0.491 e. The van der Waals surface area contributed by atoms with E-state index in [-0.39, 0.29) is 5.91 Å². The van der Waals surface area contributed by atoms with Crippen LogP contribution in [-0.2, 0) is 9.53 Å². The van der Waals surface area contributed by atoms with E-state index in [1.54, 1.807) is 12.1 Å². The number of carbonyl (C=O) groups excluding carboxylic acids is 1. The van der Waals surface area contributed by atoms with Crippen LogP contribution in [0.1, 0.15) is 12.8 Å². The van der Waals surface area contributed by atoms with Gasteiger partial charge in [-0.05, 0) is 18.6 Å². The molecule has 5 nitrogen and oxygen atoms in total. The van der Waals surface area contributed by atoms with Crippen LogP contribution >= 0.6 is 0 Å². The molecule has 1 aliphatic heterocycles. The molecule has 1 aliphatic rings. The lowest BCUT2D eigenvalue weighted by Crippen LogP contribution is -2.30. The zero-order chi connectivity index (χ0) is 13.5. The van der Waals surface area contributed by atoms with Gasteiger partial charge in [-0.25, -0.2) is 0 Å². The second-order valence-electron chi connectivity index (χ2n) is 4.67. The van der Waals surface area contributed by atoms with Crippen molar-refractivity contribution in [3.8, 4) is 5.75 Å².